The van der Waals surface area contributed by atoms with Crippen LogP contribution in [-0.4, -0.2) is 30.3 Å². The van der Waals surface area contributed by atoms with Crippen LogP contribution in [0.5, 0.6) is 0 Å². The first-order valence-corrected chi connectivity index (χ1v) is 7.98. The zero-order valence-electron chi connectivity index (χ0n) is 12.2. The van der Waals surface area contributed by atoms with Crippen LogP contribution in [0.15, 0.2) is 0 Å². The molecule has 0 radical (unpaired) electrons. The van der Waals surface area contributed by atoms with Crippen molar-refractivity contribution < 1.29 is 4.79 Å². The Kier molecular flexibility index (Phi) is 5.23. The summed E-state index contributed by atoms with van der Waals surface area (Å²) in [7, 11) is 0. The van der Waals surface area contributed by atoms with Crippen LogP contribution in [0.3, 0.4) is 0 Å². The first kappa shape index (κ1) is 14.0. The van der Waals surface area contributed by atoms with Gasteiger partial charge < -0.3 is 4.90 Å². The molecular weight excluding hydrogens is 222 g/mol. The molecule has 0 spiro atoms. The maximum Gasteiger partial charge on any atom is 0.137 e. The Morgan fingerprint density at radius 2 is 1.89 bits per heavy atom. The largest absolute Gasteiger partial charge is 0.303 e. The van der Waals surface area contributed by atoms with E-state index in [0.29, 0.717) is 11.7 Å². The fourth-order valence-electron chi connectivity index (χ4n) is 3.43. The molecule has 2 aliphatic rings. The molecule has 0 heterocycles. The molecule has 2 nitrogen and oxygen atoms in total. The van der Waals surface area contributed by atoms with Crippen LogP contribution in [0, 0.1) is 17.8 Å². The molecule has 2 heteroatoms. The summed E-state index contributed by atoms with van der Waals surface area (Å²) in [6.07, 6.45) is 8.61. The Labute approximate surface area is 112 Å². The molecular formula is C16H29NO. The molecule has 0 amide bonds. The fourth-order valence-corrected chi connectivity index (χ4v) is 3.43. The Morgan fingerprint density at radius 1 is 1.11 bits per heavy atom. The van der Waals surface area contributed by atoms with Gasteiger partial charge in [0.15, 0.2) is 0 Å². The highest BCUT2D eigenvalue weighted by atomic mass is 16.1. The minimum Gasteiger partial charge on any atom is -0.303 e. The molecule has 0 saturated heterocycles. The van der Waals surface area contributed by atoms with Crippen molar-refractivity contribution in [2.24, 2.45) is 17.8 Å². The molecule has 0 N–H and O–H groups in total. The van der Waals surface area contributed by atoms with Crippen LogP contribution < -0.4 is 0 Å². The number of hydrogen-bond donors (Lipinski definition) is 0. The summed E-state index contributed by atoms with van der Waals surface area (Å²) >= 11 is 0. The van der Waals surface area contributed by atoms with Gasteiger partial charge in [-0.15, -0.1) is 0 Å². The van der Waals surface area contributed by atoms with Gasteiger partial charge in [0.2, 0.25) is 0 Å². The lowest BCUT2D eigenvalue weighted by atomic mass is 9.78. The lowest BCUT2D eigenvalue weighted by molar-refractivity contribution is -0.126. The van der Waals surface area contributed by atoms with Crippen LogP contribution in [-0.2, 0) is 4.79 Å². The van der Waals surface area contributed by atoms with E-state index < -0.39 is 0 Å². The molecule has 2 aliphatic carbocycles. The molecule has 2 fully saturated rings. The van der Waals surface area contributed by atoms with Gasteiger partial charge in [0.25, 0.3) is 0 Å². The maximum atomic E-state index is 12.0. The molecule has 2 saturated carbocycles. The van der Waals surface area contributed by atoms with Crippen LogP contribution in [0.1, 0.15) is 58.8 Å². The zero-order chi connectivity index (χ0) is 13.0. The predicted octanol–water partition coefficient (Wildman–Crippen LogP) is 3.50. The highest BCUT2D eigenvalue weighted by Crippen LogP contribution is 2.31. The van der Waals surface area contributed by atoms with Crippen LogP contribution in [0.4, 0.5) is 0 Å². The van der Waals surface area contributed by atoms with Crippen molar-refractivity contribution >= 4 is 5.78 Å². The van der Waals surface area contributed by atoms with Crippen molar-refractivity contribution in [3.63, 3.8) is 0 Å². The summed E-state index contributed by atoms with van der Waals surface area (Å²) in [5, 5.41) is 0. The van der Waals surface area contributed by atoms with Crippen molar-refractivity contribution in [1.29, 1.82) is 0 Å². The summed E-state index contributed by atoms with van der Waals surface area (Å²) in [6.45, 7) is 7.88. The lowest BCUT2D eigenvalue weighted by Crippen LogP contribution is -2.40. The van der Waals surface area contributed by atoms with Gasteiger partial charge in [-0.2, -0.15) is 0 Å². The molecule has 0 bridgehead atoms. The Bertz CT molecular complexity index is 272. The third-order valence-corrected chi connectivity index (χ3v) is 5.12. The first-order chi connectivity index (χ1) is 8.72. The van der Waals surface area contributed by atoms with Crippen LogP contribution in [0.25, 0.3) is 0 Å². The first-order valence-electron chi connectivity index (χ1n) is 7.98. The van der Waals surface area contributed by atoms with Gasteiger partial charge in [0.05, 0.1) is 0 Å². The predicted molar refractivity (Wildman–Crippen MR) is 75.6 cm³/mol. The molecule has 104 valence electrons. The average Bonchev–Trinajstić information content (AvgIpc) is 2.34. The number of carbonyl (C=O) groups is 1. The Balaban J connectivity index is 1.82. The molecule has 0 aromatic heterocycles. The topological polar surface area (TPSA) is 20.3 Å². The maximum absolute atomic E-state index is 12.0. The summed E-state index contributed by atoms with van der Waals surface area (Å²) < 4.78 is 0. The molecule has 2 rings (SSSR count). The number of rotatable bonds is 6. The van der Waals surface area contributed by atoms with Crippen molar-refractivity contribution in [3.8, 4) is 0 Å². The van der Waals surface area contributed by atoms with E-state index in [2.05, 4.69) is 18.7 Å². The van der Waals surface area contributed by atoms with E-state index in [4.69, 9.17) is 0 Å². The van der Waals surface area contributed by atoms with Crippen molar-refractivity contribution in [2.75, 3.05) is 19.6 Å². The van der Waals surface area contributed by atoms with Crippen LogP contribution in [0.2, 0.25) is 0 Å². The van der Waals surface area contributed by atoms with Gasteiger partial charge in [-0.25, -0.2) is 0 Å². The number of carbonyl (C=O) groups excluding carboxylic acids is 1. The van der Waals surface area contributed by atoms with Crippen molar-refractivity contribution in [3.05, 3.63) is 0 Å². The molecule has 0 aliphatic heterocycles. The smallest absolute Gasteiger partial charge is 0.137 e. The zero-order valence-corrected chi connectivity index (χ0v) is 12.2. The molecule has 0 aromatic carbocycles. The SMILES string of the molecule is CCC1CCC(=O)C(CN(CC)CC2CCC2)C1. The standard InChI is InChI=1S/C16H29NO/c1-3-13-8-9-16(18)15(10-13)12-17(4-2)11-14-6-5-7-14/h13-15H,3-12H2,1-2H3. The van der Waals surface area contributed by atoms with Gasteiger partial charge in [-0.05, 0) is 44.1 Å². The van der Waals surface area contributed by atoms with E-state index in [1.807, 2.05) is 0 Å². The second-order valence-corrected chi connectivity index (χ2v) is 6.36. The van der Waals surface area contributed by atoms with Crippen molar-refractivity contribution in [1.82, 2.24) is 4.90 Å². The summed E-state index contributed by atoms with van der Waals surface area (Å²) in [5.74, 6) is 2.59. The molecule has 2 atom stereocenters. The number of ketones is 1. The van der Waals surface area contributed by atoms with E-state index in [0.717, 1.165) is 44.2 Å². The van der Waals surface area contributed by atoms with E-state index in [9.17, 15) is 4.79 Å². The minimum absolute atomic E-state index is 0.337. The molecule has 2 unspecified atom stereocenters. The highest BCUT2D eigenvalue weighted by molar-refractivity contribution is 5.81. The van der Waals surface area contributed by atoms with E-state index >= 15 is 0 Å². The minimum atomic E-state index is 0.337. The lowest BCUT2D eigenvalue weighted by Gasteiger charge is -2.35. The number of Topliss-reactive ketones (excluding diaryl/α,β-unsaturated/α-hetero) is 1. The Morgan fingerprint density at radius 3 is 2.44 bits per heavy atom. The summed E-state index contributed by atoms with van der Waals surface area (Å²) in [4.78, 5) is 14.6. The van der Waals surface area contributed by atoms with Gasteiger partial charge in [-0.3, -0.25) is 4.79 Å². The number of nitrogens with zero attached hydrogens (tertiary/aromatic N) is 1. The average molecular weight is 251 g/mol. The van der Waals surface area contributed by atoms with Gasteiger partial charge in [-0.1, -0.05) is 26.7 Å². The van der Waals surface area contributed by atoms with E-state index in [-0.39, 0.29) is 0 Å². The summed E-state index contributed by atoms with van der Waals surface area (Å²) in [5.41, 5.74) is 0. The van der Waals surface area contributed by atoms with Gasteiger partial charge >= 0.3 is 0 Å². The summed E-state index contributed by atoms with van der Waals surface area (Å²) in [6, 6.07) is 0. The second-order valence-electron chi connectivity index (χ2n) is 6.36. The molecule has 18 heavy (non-hydrogen) atoms. The highest BCUT2D eigenvalue weighted by Gasteiger charge is 2.30. The Hall–Kier alpha value is -0.370. The third-order valence-electron chi connectivity index (χ3n) is 5.12. The monoisotopic (exact) mass is 251 g/mol. The molecule has 0 aromatic rings. The van der Waals surface area contributed by atoms with Gasteiger partial charge in [0.1, 0.15) is 5.78 Å². The quantitative estimate of drug-likeness (QED) is 0.720. The van der Waals surface area contributed by atoms with E-state index in [1.54, 1.807) is 0 Å². The second kappa shape index (κ2) is 6.70. The number of hydrogen-bond acceptors (Lipinski definition) is 2. The third kappa shape index (κ3) is 3.57. The normalized spacial score (nSPS) is 29.6. The van der Waals surface area contributed by atoms with Gasteiger partial charge in [0, 0.05) is 25.4 Å². The fraction of sp³-hybridized carbons (Fsp3) is 0.938. The van der Waals surface area contributed by atoms with Crippen LogP contribution >= 0.6 is 0 Å². The van der Waals surface area contributed by atoms with Crippen molar-refractivity contribution in [2.45, 2.75) is 58.8 Å². The van der Waals surface area contributed by atoms with E-state index in [1.165, 1.54) is 32.2 Å².